The van der Waals surface area contributed by atoms with Crippen molar-refractivity contribution in [1.29, 1.82) is 0 Å². The molecule has 2 aromatic rings. The number of amides is 2. The van der Waals surface area contributed by atoms with E-state index >= 15 is 0 Å². The summed E-state index contributed by atoms with van der Waals surface area (Å²) >= 11 is 0. The third-order valence-corrected chi connectivity index (χ3v) is 4.26. The van der Waals surface area contributed by atoms with Gasteiger partial charge in [-0.2, -0.15) is 5.10 Å². The van der Waals surface area contributed by atoms with Crippen molar-refractivity contribution in [2.45, 2.75) is 45.6 Å². The number of hydrogen-bond donors (Lipinski definition) is 1. The maximum Gasteiger partial charge on any atom is 0.270 e. The lowest BCUT2D eigenvalue weighted by molar-refractivity contribution is -0.133. The number of nitrogens with zero attached hydrogens (tertiary/aromatic N) is 6. The highest BCUT2D eigenvalue weighted by molar-refractivity contribution is 5.90. The average molecular weight is 349 g/mol. The highest BCUT2D eigenvalue weighted by Crippen LogP contribution is 2.22. The average Bonchev–Trinajstić information content (AvgIpc) is 3.20. The molecule has 25 heavy (non-hydrogen) atoms. The van der Waals surface area contributed by atoms with Gasteiger partial charge in [-0.15, -0.1) is 5.10 Å². The summed E-state index contributed by atoms with van der Waals surface area (Å²) in [4.78, 5) is 25.2. The van der Waals surface area contributed by atoms with Crippen molar-refractivity contribution in [1.82, 2.24) is 29.7 Å². The van der Waals surface area contributed by atoms with Gasteiger partial charge in [0.25, 0.3) is 5.91 Å². The van der Waals surface area contributed by atoms with Gasteiger partial charge in [0.1, 0.15) is 12.7 Å². The van der Waals surface area contributed by atoms with Crippen LogP contribution >= 0.6 is 0 Å². The van der Waals surface area contributed by atoms with Gasteiger partial charge < -0.3 is 10.6 Å². The highest BCUT2D eigenvalue weighted by Gasteiger charge is 2.36. The van der Waals surface area contributed by atoms with Gasteiger partial charge >= 0.3 is 0 Å². The third-order valence-electron chi connectivity index (χ3n) is 4.26. The molecule has 10 heteroatoms. The fourth-order valence-corrected chi connectivity index (χ4v) is 3.11. The van der Waals surface area contributed by atoms with Crippen LogP contribution in [0.2, 0.25) is 0 Å². The second-order valence-corrected chi connectivity index (χ2v) is 6.31. The first-order valence-electron chi connectivity index (χ1n) is 7.98. The maximum absolute atomic E-state index is 13.9. The van der Waals surface area contributed by atoms with Crippen molar-refractivity contribution >= 4 is 11.8 Å². The second-order valence-electron chi connectivity index (χ2n) is 6.31. The number of nitrogens with two attached hydrogens (primary N) is 1. The molecule has 9 nitrogen and oxygen atoms in total. The first kappa shape index (κ1) is 17.1. The number of alkyl halides is 1. The van der Waals surface area contributed by atoms with Crippen molar-refractivity contribution < 1.29 is 14.0 Å². The van der Waals surface area contributed by atoms with Crippen molar-refractivity contribution in [3.63, 3.8) is 0 Å². The summed E-state index contributed by atoms with van der Waals surface area (Å²) in [5.41, 5.74) is 6.89. The Morgan fingerprint density at radius 1 is 1.40 bits per heavy atom. The van der Waals surface area contributed by atoms with E-state index < -0.39 is 12.1 Å². The molecule has 2 amide bonds. The quantitative estimate of drug-likeness (QED) is 0.805. The molecule has 1 aliphatic rings. The molecule has 0 saturated carbocycles. The zero-order valence-corrected chi connectivity index (χ0v) is 14.1. The van der Waals surface area contributed by atoms with E-state index in [0.717, 1.165) is 11.4 Å². The Bertz CT molecular complexity index is 800. The van der Waals surface area contributed by atoms with Crippen LogP contribution in [0.15, 0.2) is 12.3 Å². The Labute approximate surface area is 143 Å². The van der Waals surface area contributed by atoms with Crippen LogP contribution in [0.1, 0.15) is 28.3 Å². The Balaban J connectivity index is 1.71. The number of aromatic nitrogens is 5. The van der Waals surface area contributed by atoms with E-state index in [1.165, 1.54) is 15.8 Å². The summed E-state index contributed by atoms with van der Waals surface area (Å²) in [6, 6.07) is 1.52. The zero-order valence-electron chi connectivity index (χ0n) is 14.1. The Kier molecular flexibility index (Phi) is 4.51. The minimum Gasteiger partial charge on any atom is -0.364 e. The third kappa shape index (κ3) is 3.67. The number of halogens is 1. The number of carbonyl (C=O) groups is 2. The predicted molar refractivity (Wildman–Crippen MR) is 85.3 cm³/mol. The van der Waals surface area contributed by atoms with Gasteiger partial charge in [-0.05, 0) is 19.9 Å². The van der Waals surface area contributed by atoms with Crippen LogP contribution in [0.5, 0.6) is 0 Å². The molecule has 0 bridgehead atoms. The molecule has 134 valence electrons. The fourth-order valence-electron chi connectivity index (χ4n) is 3.11. The zero-order chi connectivity index (χ0) is 18.1. The number of carbonyl (C=O) groups excluding carboxylic acids is 2. The number of aryl methyl sites for hydroxylation is 2. The molecule has 2 aromatic heterocycles. The lowest BCUT2D eigenvalue weighted by Gasteiger charge is -2.24. The SMILES string of the molecule is Cc1cc(C)n(CC(=O)N2C[C@@H](F)C[C@H]2Cn2cc(C(N)=O)nn2)n1. The summed E-state index contributed by atoms with van der Waals surface area (Å²) < 4.78 is 16.9. The van der Waals surface area contributed by atoms with Gasteiger partial charge in [0.15, 0.2) is 5.69 Å². The molecule has 0 spiro atoms. The van der Waals surface area contributed by atoms with E-state index in [1.54, 1.807) is 4.68 Å². The number of hydrogen-bond acceptors (Lipinski definition) is 5. The van der Waals surface area contributed by atoms with Gasteiger partial charge in [0.05, 0.1) is 31.0 Å². The van der Waals surface area contributed by atoms with Crippen molar-refractivity contribution in [2.75, 3.05) is 6.54 Å². The summed E-state index contributed by atoms with van der Waals surface area (Å²) in [6.07, 6.45) is 0.528. The molecule has 1 fully saturated rings. The largest absolute Gasteiger partial charge is 0.364 e. The normalized spacial score (nSPS) is 20.2. The van der Waals surface area contributed by atoms with Gasteiger partial charge in [-0.1, -0.05) is 5.21 Å². The van der Waals surface area contributed by atoms with E-state index in [4.69, 9.17) is 5.73 Å². The van der Waals surface area contributed by atoms with Crippen LogP contribution in [0, 0.1) is 13.8 Å². The van der Waals surface area contributed by atoms with Crippen LogP contribution in [0.3, 0.4) is 0 Å². The maximum atomic E-state index is 13.9. The van der Waals surface area contributed by atoms with Crippen LogP contribution in [0.4, 0.5) is 4.39 Å². The van der Waals surface area contributed by atoms with Crippen molar-refractivity contribution in [3.05, 3.63) is 29.3 Å². The Morgan fingerprint density at radius 2 is 2.16 bits per heavy atom. The number of rotatable bonds is 5. The summed E-state index contributed by atoms with van der Waals surface area (Å²) in [5.74, 6) is -0.884. The van der Waals surface area contributed by atoms with Gasteiger partial charge in [0, 0.05) is 12.1 Å². The molecule has 3 rings (SSSR count). The molecule has 0 radical (unpaired) electrons. The lowest BCUT2D eigenvalue weighted by atomic mass is 10.2. The molecule has 3 heterocycles. The molecule has 0 unspecified atom stereocenters. The molecule has 1 aliphatic heterocycles. The Hall–Kier alpha value is -2.78. The van der Waals surface area contributed by atoms with E-state index in [1.807, 2.05) is 19.9 Å². The molecule has 2 atom stereocenters. The minimum atomic E-state index is -1.09. The van der Waals surface area contributed by atoms with Crippen LogP contribution in [-0.2, 0) is 17.9 Å². The van der Waals surface area contributed by atoms with Gasteiger partial charge in [-0.3, -0.25) is 14.3 Å². The first-order valence-corrected chi connectivity index (χ1v) is 7.98. The monoisotopic (exact) mass is 349 g/mol. The molecular formula is C15H20FN7O2. The molecule has 2 N–H and O–H groups in total. The van der Waals surface area contributed by atoms with Crippen LogP contribution in [0.25, 0.3) is 0 Å². The number of likely N-dealkylation sites (tertiary alicyclic amines) is 1. The van der Waals surface area contributed by atoms with Gasteiger partial charge in [-0.25, -0.2) is 9.07 Å². The summed E-state index contributed by atoms with van der Waals surface area (Å²) in [5, 5.41) is 11.7. The smallest absolute Gasteiger partial charge is 0.270 e. The molecule has 0 aliphatic carbocycles. The van der Waals surface area contributed by atoms with E-state index in [0.29, 0.717) is 0 Å². The van der Waals surface area contributed by atoms with Crippen LogP contribution < -0.4 is 5.73 Å². The summed E-state index contributed by atoms with van der Waals surface area (Å²) in [7, 11) is 0. The van der Waals surface area contributed by atoms with Crippen molar-refractivity contribution in [2.24, 2.45) is 5.73 Å². The predicted octanol–water partition coefficient (Wildman–Crippen LogP) is -0.170. The van der Waals surface area contributed by atoms with Crippen LogP contribution in [-0.4, -0.2) is 60.2 Å². The number of primary amides is 1. The van der Waals surface area contributed by atoms with Crippen molar-refractivity contribution in [3.8, 4) is 0 Å². The molecular weight excluding hydrogens is 329 g/mol. The summed E-state index contributed by atoms with van der Waals surface area (Å²) in [6.45, 7) is 4.08. The lowest BCUT2D eigenvalue weighted by Crippen LogP contribution is -2.40. The topological polar surface area (TPSA) is 112 Å². The van der Waals surface area contributed by atoms with E-state index in [9.17, 15) is 14.0 Å². The minimum absolute atomic E-state index is 0.0373. The fraction of sp³-hybridized carbons (Fsp3) is 0.533. The molecule has 1 saturated heterocycles. The second kappa shape index (κ2) is 6.61. The van der Waals surface area contributed by atoms with E-state index in [2.05, 4.69) is 15.4 Å². The molecule has 0 aromatic carbocycles. The first-order chi connectivity index (χ1) is 11.8. The standard InChI is InChI=1S/C15H20FN7O2/c1-9-3-10(2)23(19-9)8-14(24)22-5-11(16)4-12(22)6-21-7-13(15(17)25)18-20-21/h3,7,11-12H,4-6,8H2,1-2H3,(H2,17,25)/t11-,12-/m0/s1. The van der Waals surface area contributed by atoms with E-state index in [-0.39, 0.29) is 43.7 Å². The Morgan fingerprint density at radius 3 is 2.76 bits per heavy atom. The van der Waals surface area contributed by atoms with Gasteiger partial charge in [0.2, 0.25) is 5.91 Å². The highest BCUT2D eigenvalue weighted by atomic mass is 19.1.